The number of aromatic nitrogens is 1. The SMILES string of the molecule is CN1C(c2cccc(-n3c4ccccc4c4ccc5c(c43)-c3ccccc3C5(C)C)c2)=NC(c2ccccc2)NC1c1ccccc1. The van der Waals surface area contributed by atoms with Gasteiger partial charge in [-0.05, 0) is 46.0 Å². The topological polar surface area (TPSA) is 32.6 Å². The van der Waals surface area contributed by atoms with E-state index < -0.39 is 0 Å². The zero-order chi connectivity index (χ0) is 31.7. The van der Waals surface area contributed by atoms with Crippen LogP contribution in [0.15, 0.2) is 151 Å². The maximum absolute atomic E-state index is 5.35. The lowest BCUT2D eigenvalue weighted by Crippen LogP contribution is -2.46. The summed E-state index contributed by atoms with van der Waals surface area (Å²) in [7, 11) is 2.14. The summed E-state index contributed by atoms with van der Waals surface area (Å²) >= 11 is 0. The van der Waals surface area contributed by atoms with Gasteiger partial charge in [0.1, 0.15) is 18.2 Å². The first-order valence-corrected chi connectivity index (χ1v) is 16.4. The molecular weight excluding hydrogens is 573 g/mol. The lowest BCUT2D eigenvalue weighted by atomic mass is 9.82. The molecule has 228 valence electrons. The van der Waals surface area contributed by atoms with Crippen LogP contribution in [0.2, 0.25) is 0 Å². The number of benzene rings is 6. The molecule has 47 heavy (non-hydrogen) atoms. The van der Waals surface area contributed by atoms with Crippen LogP contribution < -0.4 is 5.32 Å². The Labute approximate surface area is 275 Å². The molecule has 6 aromatic carbocycles. The van der Waals surface area contributed by atoms with Crippen molar-refractivity contribution in [2.24, 2.45) is 4.99 Å². The largest absolute Gasteiger partial charge is 0.340 e. The second kappa shape index (κ2) is 10.5. The molecule has 9 rings (SSSR count). The molecule has 4 nitrogen and oxygen atoms in total. The molecule has 1 aliphatic carbocycles. The molecule has 0 spiro atoms. The number of nitrogens with one attached hydrogen (secondary N) is 1. The molecule has 2 heterocycles. The van der Waals surface area contributed by atoms with Crippen molar-refractivity contribution in [2.75, 3.05) is 7.05 Å². The molecule has 0 radical (unpaired) electrons. The highest BCUT2D eigenvalue weighted by molar-refractivity contribution is 6.15. The average molecular weight is 609 g/mol. The van der Waals surface area contributed by atoms with Crippen LogP contribution in [-0.2, 0) is 5.41 Å². The van der Waals surface area contributed by atoms with E-state index in [0.717, 1.165) is 22.6 Å². The molecule has 1 aromatic heterocycles. The molecule has 2 aliphatic rings. The van der Waals surface area contributed by atoms with Gasteiger partial charge in [-0.3, -0.25) is 5.32 Å². The quantitative estimate of drug-likeness (QED) is 0.216. The monoisotopic (exact) mass is 608 g/mol. The molecule has 1 N–H and O–H groups in total. The van der Waals surface area contributed by atoms with Crippen molar-refractivity contribution < 1.29 is 0 Å². The Kier molecular flexibility index (Phi) is 6.24. The van der Waals surface area contributed by atoms with E-state index in [0.29, 0.717) is 0 Å². The molecule has 0 fully saturated rings. The minimum Gasteiger partial charge on any atom is -0.340 e. The van der Waals surface area contributed by atoms with Gasteiger partial charge in [0, 0.05) is 40.0 Å². The Morgan fingerprint density at radius 1 is 0.638 bits per heavy atom. The van der Waals surface area contributed by atoms with E-state index in [-0.39, 0.29) is 17.7 Å². The van der Waals surface area contributed by atoms with Gasteiger partial charge in [-0.15, -0.1) is 0 Å². The Bertz CT molecular complexity index is 2330. The number of fused-ring (bicyclic) bond motifs is 7. The lowest BCUT2D eigenvalue weighted by Gasteiger charge is -2.39. The van der Waals surface area contributed by atoms with Crippen molar-refractivity contribution in [1.82, 2.24) is 14.8 Å². The van der Waals surface area contributed by atoms with Gasteiger partial charge in [-0.25, -0.2) is 4.99 Å². The summed E-state index contributed by atoms with van der Waals surface area (Å²) < 4.78 is 2.48. The van der Waals surface area contributed by atoms with Gasteiger partial charge in [0.25, 0.3) is 0 Å². The molecule has 2 atom stereocenters. The van der Waals surface area contributed by atoms with Crippen LogP contribution in [0.25, 0.3) is 38.6 Å². The first-order chi connectivity index (χ1) is 23.0. The fourth-order valence-corrected chi connectivity index (χ4v) is 7.97. The van der Waals surface area contributed by atoms with Crippen LogP contribution in [0.4, 0.5) is 0 Å². The van der Waals surface area contributed by atoms with Crippen molar-refractivity contribution in [3.05, 3.63) is 173 Å². The van der Waals surface area contributed by atoms with Gasteiger partial charge < -0.3 is 9.47 Å². The van der Waals surface area contributed by atoms with Crippen molar-refractivity contribution in [1.29, 1.82) is 0 Å². The van der Waals surface area contributed by atoms with Gasteiger partial charge in [0.2, 0.25) is 0 Å². The van der Waals surface area contributed by atoms with Gasteiger partial charge in [0.05, 0.1) is 11.0 Å². The zero-order valence-electron chi connectivity index (χ0n) is 26.9. The normalized spacial score (nSPS) is 18.3. The Hall–Kier alpha value is -5.45. The summed E-state index contributed by atoms with van der Waals surface area (Å²) in [6, 6.07) is 52.6. The fraction of sp³-hybridized carbons (Fsp3) is 0.140. The number of rotatable bonds is 4. The summed E-state index contributed by atoms with van der Waals surface area (Å²) in [5.41, 5.74) is 12.4. The van der Waals surface area contributed by atoms with Crippen LogP contribution in [0.3, 0.4) is 0 Å². The number of nitrogens with zero attached hydrogens (tertiary/aromatic N) is 3. The highest BCUT2D eigenvalue weighted by atomic mass is 15.4. The van der Waals surface area contributed by atoms with Crippen molar-refractivity contribution in [3.8, 4) is 16.8 Å². The van der Waals surface area contributed by atoms with E-state index in [9.17, 15) is 0 Å². The summed E-state index contributed by atoms with van der Waals surface area (Å²) in [6.07, 6.45) is -0.209. The molecule has 4 heteroatoms. The van der Waals surface area contributed by atoms with Gasteiger partial charge in [-0.2, -0.15) is 0 Å². The minimum atomic E-state index is -0.175. The molecule has 2 unspecified atom stereocenters. The molecule has 0 saturated carbocycles. The second-order valence-electron chi connectivity index (χ2n) is 13.3. The Balaban J connectivity index is 1.27. The third-order valence-electron chi connectivity index (χ3n) is 10.3. The van der Waals surface area contributed by atoms with Crippen LogP contribution in [0.5, 0.6) is 0 Å². The van der Waals surface area contributed by atoms with Crippen LogP contribution in [-0.4, -0.2) is 22.4 Å². The third-order valence-corrected chi connectivity index (χ3v) is 10.3. The first-order valence-electron chi connectivity index (χ1n) is 16.4. The lowest BCUT2D eigenvalue weighted by molar-refractivity contribution is 0.257. The highest BCUT2D eigenvalue weighted by Gasteiger charge is 2.37. The maximum atomic E-state index is 5.35. The third kappa shape index (κ3) is 4.22. The van der Waals surface area contributed by atoms with E-state index in [2.05, 4.69) is 181 Å². The van der Waals surface area contributed by atoms with Crippen molar-refractivity contribution in [3.63, 3.8) is 0 Å². The zero-order valence-corrected chi connectivity index (χ0v) is 26.9. The fourth-order valence-electron chi connectivity index (χ4n) is 7.97. The van der Waals surface area contributed by atoms with Crippen LogP contribution >= 0.6 is 0 Å². The number of aliphatic imine (C=N–C) groups is 1. The predicted molar refractivity (Wildman–Crippen MR) is 194 cm³/mol. The Morgan fingerprint density at radius 2 is 1.34 bits per heavy atom. The standard InChI is InChI=1S/C43H36N4/c1-43(2)35-23-12-10-22-34(35)38-36(43)26-25-33-32-21-11-13-24-37(32)47(39(33)38)31-20-14-19-30(27-31)42-45-40(28-15-6-4-7-16-28)44-41(46(42)3)29-17-8-5-9-18-29/h4-27,40-41,44H,1-3H3. The second-order valence-corrected chi connectivity index (χ2v) is 13.3. The summed E-state index contributed by atoms with van der Waals surface area (Å²) in [5, 5.41) is 6.35. The maximum Gasteiger partial charge on any atom is 0.134 e. The van der Waals surface area contributed by atoms with Crippen molar-refractivity contribution in [2.45, 2.75) is 31.6 Å². The molecule has 0 saturated heterocycles. The molecule has 1 aliphatic heterocycles. The number of hydrogen-bond donors (Lipinski definition) is 1. The molecule has 7 aromatic rings. The summed E-state index contributed by atoms with van der Waals surface area (Å²) in [4.78, 5) is 7.63. The summed E-state index contributed by atoms with van der Waals surface area (Å²) in [5.74, 6) is 0.964. The number of para-hydroxylation sites is 1. The molecular formula is C43H36N4. The molecule has 0 bridgehead atoms. The summed E-state index contributed by atoms with van der Waals surface area (Å²) in [6.45, 7) is 4.71. The Morgan fingerprint density at radius 3 is 2.15 bits per heavy atom. The van der Waals surface area contributed by atoms with E-state index in [1.807, 2.05) is 0 Å². The number of hydrogen-bond acceptors (Lipinski definition) is 3. The average Bonchev–Trinajstić information content (AvgIpc) is 3.58. The van der Waals surface area contributed by atoms with Crippen LogP contribution in [0, 0.1) is 0 Å². The van der Waals surface area contributed by atoms with E-state index in [4.69, 9.17) is 4.99 Å². The predicted octanol–water partition coefficient (Wildman–Crippen LogP) is 9.77. The van der Waals surface area contributed by atoms with Gasteiger partial charge in [0.15, 0.2) is 0 Å². The molecule has 0 amide bonds. The minimum absolute atomic E-state index is 0.0344. The van der Waals surface area contributed by atoms with Gasteiger partial charge >= 0.3 is 0 Å². The van der Waals surface area contributed by atoms with Crippen molar-refractivity contribution >= 4 is 27.6 Å². The number of amidine groups is 1. The smallest absolute Gasteiger partial charge is 0.134 e. The first kappa shape index (κ1) is 27.8. The van der Waals surface area contributed by atoms with E-state index in [1.54, 1.807) is 0 Å². The van der Waals surface area contributed by atoms with E-state index >= 15 is 0 Å². The van der Waals surface area contributed by atoms with Crippen LogP contribution in [0.1, 0.15) is 54.0 Å². The van der Waals surface area contributed by atoms with Gasteiger partial charge in [-0.1, -0.05) is 141 Å². The highest BCUT2D eigenvalue weighted by Crippen LogP contribution is 2.52. The van der Waals surface area contributed by atoms with E-state index in [1.165, 1.54) is 49.6 Å².